The predicted molar refractivity (Wildman–Crippen MR) is 106 cm³/mol. The zero-order chi connectivity index (χ0) is 20.2. The molecule has 0 spiro atoms. The average Bonchev–Trinajstić information content (AvgIpc) is 2.72. The molecule has 0 aliphatic carbocycles. The summed E-state index contributed by atoms with van der Waals surface area (Å²) in [6, 6.07) is 14.2. The smallest absolute Gasteiger partial charge is 0.412 e. The third kappa shape index (κ3) is 6.34. The molecular formula is C19H20N6O3. The van der Waals surface area contributed by atoms with Gasteiger partial charge in [-0.05, 0) is 12.1 Å². The van der Waals surface area contributed by atoms with E-state index in [9.17, 15) is 4.79 Å². The molecule has 0 saturated heterocycles. The van der Waals surface area contributed by atoms with Crippen molar-refractivity contribution in [2.45, 2.75) is 13.0 Å². The first kappa shape index (κ1) is 20.3. The van der Waals surface area contributed by atoms with Crippen LogP contribution >= 0.6 is 0 Å². The van der Waals surface area contributed by atoms with Gasteiger partial charge in [0.1, 0.15) is 12.4 Å². The first-order valence-corrected chi connectivity index (χ1v) is 8.26. The molecule has 0 bridgehead atoms. The van der Waals surface area contributed by atoms with Crippen molar-refractivity contribution in [3.05, 3.63) is 59.8 Å². The van der Waals surface area contributed by atoms with E-state index < -0.39 is 6.09 Å². The maximum absolute atomic E-state index is 11.6. The molecule has 1 amide bonds. The Morgan fingerprint density at radius 3 is 2.71 bits per heavy atom. The lowest BCUT2D eigenvalue weighted by molar-refractivity contribution is 0.128. The molecule has 0 fully saturated rings. The number of nitrogens with zero attached hydrogens (tertiary/aromatic N) is 3. The van der Waals surface area contributed by atoms with Crippen LogP contribution in [-0.2, 0) is 16.2 Å². The number of benzene rings is 1. The Bertz CT molecular complexity index is 890. The predicted octanol–water partition coefficient (Wildman–Crippen LogP) is 1.81. The van der Waals surface area contributed by atoms with Gasteiger partial charge in [0.15, 0.2) is 18.2 Å². The van der Waals surface area contributed by atoms with Crippen molar-refractivity contribution >= 4 is 23.5 Å². The molecule has 5 N–H and O–H groups in total. The van der Waals surface area contributed by atoms with Gasteiger partial charge in [-0.1, -0.05) is 41.6 Å². The molecule has 2 rings (SSSR count). The highest BCUT2D eigenvalue weighted by atomic mass is 16.6. The number of hydrazone groups is 1. The Balaban J connectivity index is 2.00. The number of nitrogens with two attached hydrogens (primary N) is 2. The van der Waals surface area contributed by atoms with Crippen LogP contribution in [0.15, 0.2) is 58.8 Å². The molecule has 0 atom stereocenters. The molecule has 28 heavy (non-hydrogen) atoms. The van der Waals surface area contributed by atoms with Gasteiger partial charge in [0.05, 0.1) is 5.69 Å². The fraction of sp³-hybridized carbons (Fsp3) is 0.158. The number of hydrogen-bond donors (Lipinski definition) is 3. The van der Waals surface area contributed by atoms with Crippen molar-refractivity contribution in [3.8, 4) is 12.3 Å². The highest BCUT2D eigenvalue weighted by molar-refractivity contribution is 6.46. The topological polar surface area (TPSA) is 137 Å². The summed E-state index contributed by atoms with van der Waals surface area (Å²) in [6.45, 7) is 0.169. The molecule has 1 aromatic heterocycles. The van der Waals surface area contributed by atoms with Gasteiger partial charge in [-0.2, -0.15) is 5.10 Å². The molecule has 1 heterocycles. The largest absolute Gasteiger partial charge is 0.448 e. The van der Waals surface area contributed by atoms with Gasteiger partial charge in [-0.3, -0.25) is 5.32 Å². The van der Waals surface area contributed by atoms with E-state index in [0.717, 1.165) is 0 Å². The summed E-state index contributed by atoms with van der Waals surface area (Å²) in [6.07, 6.45) is 4.80. The molecule has 9 nitrogen and oxygen atoms in total. The minimum Gasteiger partial charge on any atom is -0.448 e. The van der Waals surface area contributed by atoms with Crippen LogP contribution in [0, 0.1) is 12.3 Å². The average molecular weight is 380 g/mol. The molecule has 9 heteroatoms. The van der Waals surface area contributed by atoms with Gasteiger partial charge >= 0.3 is 6.09 Å². The number of hydrogen-bond acceptors (Lipinski definition) is 7. The number of aromatic nitrogens is 1. The number of carbonyl (C=O) groups is 1. The number of anilines is 1. The monoisotopic (exact) mass is 380 g/mol. The molecule has 0 unspecified atom stereocenters. The van der Waals surface area contributed by atoms with Crippen LogP contribution in [0.3, 0.4) is 0 Å². The molecule has 1 aromatic carbocycles. The molecule has 0 aliphatic heterocycles. The van der Waals surface area contributed by atoms with Gasteiger partial charge < -0.3 is 21.2 Å². The molecule has 0 saturated carbocycles. The van der Waals surface area contributed by atoms with Crippen molar-refractivity contribution < 1.29 is 14.4 Å². The Morgan fingerprint density at radius 2 is 2.00 bits per heavy atom. The van der Waals surface area contributed by atoms with E-state index in [-0.39, 0.29) is 19.0 Å². The van der Waals surface area contributed by atoms with Crippen LogP contribution in [0.5, 0.6) is 0 Å². The molecule has 144 valence electrons. The fourth-order valence-electron chi connectivity index (χ4n) is 2.04. The summed E-state index contributed by atoms with van der Waals surface area (Å²) in [5.41, 5.74) is 7.31. The van der Waals surface area contributed by atoms with Crippen LogP contribution in [-0.4, -0.2) is 29.2 Å². The second kappa shape index (κ2) is 10.8. The number of amidine groups is 1. The minimum atomic E-state index is -0.642. The van der Waals surface area contributed by atoms with Gasteiger partial charge in [0.2, 0.25) is 0 Å². The number of nitrogens with one attached hydrogen (secondary N) is 1. The fourth-order valence-corrected chi connectivity index (χ4v) is 2.04. The lowest BCUT2D eigenvalue weighted by Gasteiger charge is -2.08. The van der Waals surface area contributed by atoms with Crippen molar-refractivity contribution in [2.75, 3.05) is 11.9 Å². The Hall–Kier alpha value is -4.06. The highest BCUT2D eigenvalue weighted by Crippen LogP contribution is 2.08. The van der Waals surface area contributed by atoms with Crippen molar-refractivity contribution in [2.24, 2.45) is 21.8 Å². The normalized spacial score (nSPS) is 11.4. The number of ether oxygens (including phenoxy) is 1. The van der Waals surface area contributed by atoms with Crippen LogP contribution in [0.1, 0.15) is 17.7 Å². The third-order valence-electron chi connectivity index (χ3n) is 3.31. The summed E-state index contributed by atoms with van der Waals surface area (Å²) < 4.78 is 4.90. The SMILES string of the molecule is C#CCCOC(=O)Nc1cccc(CO/N=C(\C(N)=N\N)c2ccccc2)n1. The number of amides is 1. The number of carbonyl (C=O) groups excluding carboxylic acids is 1. The Kier molecular flexibility index (Phi) is 7.83. The standard InChI is InChI=1S/C19H20N6O3/c1-2-3-12-27-19(26)23-16-11-7-10-15(22-16)13-28-25-17(18(20)24-21)14-8-5-4-6-9-14/h1,4-11H,3,12-13,21H2,(H2,20,24)(H,22,23,26)/b25-17-. The van der Waals surface area contributed by atoms with Crippen LogP contribution in [0.4, 0.5) is 10.6 Å². The number of rotatable bonds is 8. The number of pyridine rings is 1. The zero-order valence-corrected chi connectivity index (χ0v) is 15.0. The van der Waals surface area contributed by atoms with E-state index in [1.165, 1.54) is 0 Å². The number of oxime groups is 1. The van der Waals surface area contributed by atoms with E-state index in [2.05, 4.69) is 26.5 Å². The maximum Gasteiger partial charge on any atom is 0.412 e. The third-order valence-corrected chi connectivity index (χ3v) is 3.31. The van der Waals surface area contributed by atoms with Gasteiger partial charge in [-0.25, -0.2) is 9.78 Å². The van der Waals surface area contributed by atoms with E-state index in [1.807, 2.05) is 18.2 Å². The summed E-state index contributed by atoms with van der Waals surface area (Å²) in [7, 11) is 0. The van der Waals surface area contributed by atoms with E-state index >= 15 is 0 Å². The van der Waals surface area contributed by atoms with Gasteiger partial charge in [0.25, 0.3) is 0 Å². The first-order valence-electron chi connectivity index (χ1n) is 8.26. The molecule has 0 radical (unpaired) electrons. The van der Waals surface area contributed by atoms with Crippen LogP contribution in [0.25, 0.3) is 0 Å². The quantitative estimate of drug-likeness (QED) is 0.159. The van der Waals surface area contributed by atoms with Crippen LogP contribution < -0.4 is 16.9 Å². The number of terminal acetylenes is 1. The van der Waals surface area contributed by atoms with E-state index in [1.54, 1.807) is 30.3 Å². The second-order valence-corrected chi connectivity index (χ2v) is 5.32. The minimum absolute atomic E-state index is 0.0318. The summed E-state index contributed by atoms with van der Waals surface area (Å²) >= 11 is 0. The zero-order valence-electron chi connectivity index (χ0n) is 15.0. The van der Waals surface area contributed by atoms with Crippen molar-refractivity contribution in [1.29, 1.82) is 0 Å². The van der Waals surface area contributed by atoms with Crippen molar-refractivity contribution in [3.63, 3.8) is 0 Å². The molecular weight excluding hydrogens is 360 g/mol. The highest BCUT2D eigenvalue weighted by Gasteiger charge is 2.10. The maximum atomic E-state index is 11.6. The summed E-state index contributed by atoms with van der Waals surface area (Å²) in [4.78, 5) is 21.2. The Morgan fingerprint density at radius 1 is 1.21 bits per heavy atom. The van der Waals surface area contributed by atoms with Crippen LogP contribution in [0.2, 0.25) is 0 Å². The summed E-state index contributed by atoms with van der Waals surface area (Å²) in [5, 5.41) is 9.98. The first-order chi connectivity index (χ1) is 13.6. The van der Waals surface area contributed by atoms with Crippen molar-refractivity contribution in [1.82, 2.24) is 4.98 Å². The second-order valence-electron chi connectivity index (χ2n) is 5.32. The van der Waals surface area contributed by atoms with Gasteiger partial charge in [-0.15, -0.1) is 12.3 Å². The van der Waals surface area contributed by atoms with E-state index in [4.69, 9.17) is 27.6 Å². The lowest BCUT2D eigenvalue weighted by Crippen LogP contribution is -2.26. The molecule has 2 aromatic rings. The van der Waals surface area contributed by atoms with E-state index in [0.29, 0.717) is 29.2 Å². The Labute approximate surface area is 162 Å². The molecule has 0 aliphatic rings. The van der Waals surface area contributed by atoms with Gasteiger partial charge in [0, 0.05) is 12.0 Å². The lowest BCUT2D eigenvalue weighted by atomic mass is 10.1. The summed E-state index contributed by atoms with van der Waals surface area (Å²) in [5.74, 6) is 7.97.